The molecule has 0 aliphatic rings. The summed E-state index contributed by atoms with van der Waals surface area (Å²) >= 11 is 6.92. The molecular formula is C13H20INS. The summed E-state index contributed by atoms with van der Waals surface area (Å²) in [6.45, 7) is 10.9. The lowest BCUT2D eigenvalue weighted by Gasteiger charge is -2.24. The van der Waals surface area contributed by atoms with Gasteiger partial charge in [0.2, 0.25) is 0 Å². The maximum atomic E-state index is 4.55. The Morgan fingerprint density at radius 1 is 1.12 bits per heavy atom. The van der Waals surface area contributed by atoms with E-state index in [0.29, 0.717) is 0 Å². The molecule has 0 aliphatic heterocycles. The van der Waals surface area contributed by atoms with E-state index in [-0.39, 0.29) is 8.96 Å². The minimum Gasteiger partial charge on any atom is -0.370 e. The molecule has 0 unspecified atom stereocenters. The quantitative estimate of drug-likeness (QED) is 0.336. The molecule has 0 atom stereocenters. The number of nitrogens with one attached hydrogen (secondary N) is 1. The molecule has 0 heterocycles. The predicted molar refractivity (Wildman–Crippen MR) is 84.1 cm³/mol. The largest absolute Gasteiger partial charge is 0.370 e. The lowest BCUT2D eigenvalue weighted by Crippen LogP contribution is -2.22. The highest BCUT2D eigenvalue weighted by Gasteiger charge is 2.17. The molecule has 0 aliphatic carbocycles. The van der Waals surface area contributed by atoms with Crippen LogP contribution in [0.15, 0.2) is 23.1 Å². The third kappa shape index (κ3) is 4.17. The molecule has 1 rings (SSSR count). The minimum absolute atomic E-state index is 0.0402. The Kier molecular flexibility index (Phi) is 4.22. The summed E-state index contributed by atoms with van der Waals surface area (Å²) in [7, 11) is 0. The smallest absolute Gasteiger partial charge is 0.0834 e. The molecule has 0 spiro atoms. The van der Waals surface area contributed by atoms with E-state index in [4.69, 9.17) is 0 Å². The second-order valence-electron chi connectivity index (χ2n) is 5.58. The van der Waals surface area contributed by atoms with Crippen LogP contribution in [0.5, 0.6) is 0 Å². The van der Waals surface area contributed by atoms with Crippen LogP contribution in [0.25, 0.3) is 0 Å². The molecule has 0 bridgehead atoms. The lowest BCUT2D eigenvalue weighted by molar-refractivity contribution is 0.589. The first kappa shape index (κ1) is 14.2. The predicted octanol–water partition coefficient (Wildman–Crippen LogP) is 4.86. The second-order valence-corrected chi connectivity index (χ2v) is 8.76. The summed E-state index contributed by atoms with van der Waals surface area (Å²) in [5.41, 5.74) is 2.58. The molecule has 0 aromatic heterocycles. The van der Waals surface area contributed by atoms with Gasteiger partial charge in [0, 0.05) is 10.6 Å². The lowest BCUT2D eigenvalue weighted by atomic mass is 9.87. The van der Waals surface area contributed by atoms with Crippen molar-refractivity contribution in [3.63, 3.8) is 0 Å². The topological polar surface area (TPSA) is 12.0 Å². The molecule has 0 amide bonds. The number of rotatable bonds is 2. The third-order valence-electron chi connectivity index (χ3n) is 2.30. The van der Waals surface area contributed by atoms with E-state index in [1.807, 2.05) is 0 Å². The van der Waals surface area contributed by atoms with E-state index in [2.05, 4.69) is 93.4 Å². The van der Waals surface area contributed by atoms with Crippen LogP contribution >= 0.6 is 35.2 Å². The molecule has 0 radical (unpaired) electrons. The molecule has 1 nitrogen and oxygen atoms in total. The Morgan fingerprint density at radius 2 is 1.69 bits per heavy atom. The third-order valence-corrected chi connectivity index (χ3v) is 2.94. The van der Waals surface area contributed by atoms with Crippen molar-refractivity contribution in [2.45, 2.75) is 48.5 Å². The zero-order valence-corrected chi connectivity index (χ0v) is 13.6. The first-order valence-corrected chi connectivity index (χ1v) is 6.93. The Balaban J connectivity index is 3.01. The number of alkyl halides is 1. The van der Waals surface area contributed by atoms with Gasteiger partial charge in [-0.2, -0.15) is 0 Å². The molecule has 0 fully saturated rings. The monoisotopic (exact) mass is 349 g/mol. The number of thiol groups is 1. The van der Waals surface area contributed by atoms with Gasteiger partial charge in [0.05, 0.1) is 3.55 Å². The standard InChI is InChI=1S/C13H20INS/c1-12(2,3)9-6-7-10(11(16)8-9)15-13(4,5)14/h6-8,15-16H,1-5H3. The van der Waals surface area contributed by atoms with E-state index >= 15 is 0 Å². The Bertz CT molecular complexity index is 374. The van der Waals surface area contributed by atoms with Crippen LogP contribution in [-0.2, 0) is 5.41 Å². The van der Waals surface area contributed by atoms with Gasteiger partial charge in [-0.1, -0.05) is 49.4 Å². The van der Waals surface area contributed by atoms with Gasteiger partial charge in [-0.25, -0.2) is 0 Å². The van der Waals surface area contributed by atoms with Crippen molar-refractivity contribution in [3.05, 3.63) is 23.8 Å². The second kappa shape index (κ2) is 4.77. The summed E-state index contributed by atoms with van der Waals surface area (Å²) in [4.78, 5) is 1.01. The highest BCUT2D eigenvalue weighted by molar-refractivity contribution is 14.1. The summed E-state index contributed by atoms with van der Waals surface area (Å²) in [6, 6.07) is 6.43. The summed E-state index contributed by atoms with van der Waals surface area (Å²) in [6.07, 6.45) is 0. The fraction of sp³-hybridized carbons (Fsp3) is 0.538. The average molecular weight is 349 g/mol. The van der Waals surface area contributed by atoms with Gasteiger partial charge >= 0.3 is 0 Å². The average Bonchev–Trinajstić information content (AvgIpc) is 2.04. The van der Waals surface area contributed by atoms with Gasteiger partial charge in [-0.05, 0) is 37.0 Å². The van der Waals surface area contributed by atoms with Crippen molar-refractivity contribution in [1.82, 2.24) is 0 Å². The Hall–Kier alpha value is 0.100. The molecule has 1 N–H and O–H groups in total. The summed E-state index contributed by atoms with van der Waals surface area (Å²) in [5.74, 6) is 0. The Labute approximate surface area is 118 Å². The number of benzene rings is 1. The fourth-order valence-corrected chi connectivity index (χ4v) is 1.98. The van der Waals surface area contributed by atoms with Crippen LogP contribution in [0, 0.1) is 0 Å². The van der Waals surface area contributed by atoms with E-state index in [1.165, 1.54) is 5.56 Å². The van der Waals surface area contributed by atoms with Gasteiger partial charge in [-0.3, -0.25) is 0 Å². The van der Waals surface area contributed by atoms with E-state index in [1.54, 1.807) is 0 Å². The van der Waals surface area contributed by atoms with Crippen molar-refractivity contribution in [2.75, 3.05) is 5.32 Å². The van der Waals surface area contributed by atoms with Crippen LogP contribution in [0.3, 0.4) is 0 Å². The molecule has 90 valence electrons. The molecular weight excluding hydrogens is 329 g/mol. The van der Waals surface area contributed by atoms with Crippen LogP contribution in [0.2, 0.25) is 0 Å². The van der Waals surface area contributed by atoms with Crippen molar-refractivity contribution in [1.29, 1.82) is 0 Å². The number of halogens is 1. The molecule has 1 aromatic rings. The van der Waals surface area contributed by atoms with Crippen molar-refractivity contribution in [2.24, 2.45) is 0 Å². The molecule has 0 saturated heterocycles. The van der Waals surface area contributed by atoms with Gasteiger partial charge in [0.25, 0.3) is 0 Å². The highest BCUT2D eigenvalue weighted by Crippen LogP contribution is 2.31. The summed E-state index contributed by atoms with van der Waals surface area (Å²) in [5, 5.41) is 3.44. The van der Waals surface area contributed by atoms with Crippen molar-refractivity contribution < 1.29 is 0 Å². The first-order valence-electron chi connectivity index (χ1n) is 5.40. The maximum absolute atomic E-state index is 4.55. The van der Waals surface area contributed by atoms with E-state index in [9.17, 15) is 0 Å². The van der Waals surface area contributed by atoms with E-state index < -0.39 is 0 Å². The molecule has 16 heavy (non-hydrogen) atoms. The normalized spacial score (nSPS) is 12.7. The number of hydrogen-bond donors (Lipinski definition) is 2. The molecule has 3 heteroatoms. The molecule has 0 saturated carbocycles. The van der Waals surface area contributed by atoms with E-state index in [0.717, 1.165) is 10.6 Å². The zero-order chi connectivity index (χ0) is 12.6. The zero-order valence-electron chi connectivity index (χ0n) is 10.6. The summed E-state index contributed by atoms with van der Waals surface area (Å²) < 4.78 is 0.0402. The van der Waals surface area contributed by atoms with Gasteiger partial charge in [0.15, 0.2) is 0 Å². The molecule has 1 aromatic carbocycles. The van der Waals surface area contributed by atoms with Crippen LogP contribution in [0.1, 0.15) is 40.2 Å². The SMILES string of the molecule is CC(C)(I)Nc1ccc(C(C)(C)C)cc1S. The highest BCUT2D eigenvalue weighted by atomic mass is 127. The minimum atomic E-state index is 0.0402. The maximum Gasteiger partial charge on any atom is 0.0834 e. The van der Waals surface area contributed by atoms with Crippen LogP contribution in [-0.4, -0.2) is 3.55 Å². The van der Waals surface area contributed by atoms with Crippen molar-refractivity contribution in [3.8, 4) is 0 Å². The Morgan fingerprint density at radius 3 is 2.06 bits per heavy atom. The van der Waals surface area contributed by atoms with Crippen LogP contribution in [0.4, 0.5) is 5.69 Å². The van der Waals surface area contributed by atoms with Gasteiger partial charge in [0.1, 0.15) is 0 Å². The van der Waals surface area contributed by atoms with Crippen LogP contribution < -0.4 is 5.32 Å². The van der Waals surface area contributed by atoms with Gasteiger partial charge in [-0.15, -0.1) is 12.6 Å². The fourth-order valence-electron chi connectivity index (χ4n) is 1.42. The number of hydrogen-bond acceptors (Lipinski definition) is 2. The first-order chi connectivity index (χ1) is 7.09. The van der Waals surface area contributed by atoms with Gasteiger partial charge < -0.3 is 5.32 Å². The van der Waals surface area contributed by atoms with Crippen molar-refractivity contribution >= 4 is 40.9 Å². The number of anilines is 1.